The van der Waals surface area contributed by atoms with E-state index in [4.69, 9.17) is 6.42 Å². The van der Waals surface area contributed by atoms with E-state index < -0.39 is 6.10 Å². The molecule has 0 saturated carbocycles. The van der Waals surface area contributed by atoms with Crippen LogP contribution in [-0.4, -0.2) is 29.7 Å². The molecule has 100 valence electrons. The molecule has 0 aromatic heterocycles. The van der Waals surface area contributed by atoms with Crippen molar-refractivity contribution in [1.29, 1.82) is 0 Å². The van der Waals surface area contributed by atoms with Crippen LogP contribution < -0.4 is 10.6 Å². The van der Waals surface area contributed by atoms with E-state index in [1.165, 1.54) is 0 Å². The summed E-state index contributed by atoms with van der Waals surface area (Å²) in [6, 6.07) is 7.15. The normalized spacial score (nSPS) is 23.6. The van der Waals surface area contributed by atoms with Crippen LogP contribution in [0.4, 0.5) is 0 Å². The number of carbonyl (C=O) groups is 1. The Balaban J connectivity index is 1.94. The number of terminal acetylenes is 1. The van der Waals surface area contributed by atoms with Gasteiger partial charge in [0.05, 0.1) is 18.2 Å². The van der Waals surface area contributed by atoms with E-state index in [0.717, 1.165) is 11.1 Å². The number of aliphatic hydroxyl groups is 1. The van der Waals surface area contributed by atoms with Gasteiger partial charge < -0.3 is 15.7 Å². The molecule has 0 spiro atoms. The molecule has 0 aliphatic carbocycles. The van der Waals surface area contributed by atoms with Gasteiger partial charge in [-0.25, -0.2) is 0 Å². The largest absolute Gasteiger partial charge is 0.392 e. The highest BCUT2D eigenvalue weighted by atomic mass is 16.3. The Bertz CT molecular complexity index is 490. The van der Waals surface area contributed by atoms with E-state index in [-0.39, 0.29) is 18.0 Å². The van der Waals surface area contributed by atoms with E-state index in [1.807, 2.05) is 31.2 Å². The molecular formula is C15H18N2O2. The van der Waals surface area contributed by atoms with Crippen LogP contribution in [0.3, 0.4) is 0 Å². The Morgan fingerprint density at radius 1 is 1.53 bits per heavy atom. The Morgan fingerprint density at radius 2 is 2.21 bits per heavy atom. The van der Waals surface area contributed by atoms with Crippen molar-refractivity contribution in [1.82, 2.24) is 10.6 Å². The smallest absolute Gasteiger partial charge is 0.237 e. The van der Waals surface area contributed by atoms with Gasteiger partial charge in [0.2, 0.25) is 5.91 Å². The monoisotopic (exact) mass is 258 g/mol. The molecule has 1 aromatic rings. The summed E-state index contributed by atoms with van der Waals surface area (Å²) >= 11 is 0. The predicted octanol–water partition coefficient (Wildman–Crippen LogP) is 0.568. The van der Waals surface area contributed by atoms with Gasteiger partial charge in [0, 0.05) is 12.1 Å². The molecule has 1 fully saturated rings. The maximum Gasteiger partial charge on any atom is 0.237 e. The first-order chi connectivity index (χ1) is 9.10. The lowest BCUT2D eigenvalue weighted by atomic mass is 10.1. The molecule has 19 heavy (non-hydrogen) atoms. The molecule has 3 N–H and O–H groups in total. The van der Waals surface area contributed by atoms with Gasteiger partial charge in [-0.1, -0.05) is 18.1 Å². The summed E-state index contributed by atoms with van der Waals surface area (Å²) in [6.07, 6.45) is 5.34. The average Bonchev–Trinajstić information content (AvgIpc) is 2.85. The van der Waals surface area contributed by atoms with Gasteiger partial charge >= 0.3 is 0 Å². The van der Waals surface area contributed by atoms with Crippen LogP contribution in [-0.2, 0) is 4.79 Å². The third-order valence-corrected chi connectivity index (χ3v) is 3.36. The molecule has 1 amide bonds. The van der Waals surface area contributed by atoms with Crippen molar-refractivity contribution >= 4 is 5.91 Å². The van der Waals surface area contributed by atoms with E-state index in [9.17, 15) is 9.90 Å². The van der Waals surface area contributed by atoms with Crippen LogP contribution in [0.2, 0.25) is 0 Å². The summed E-state index contributed by atoms with van der Waals surface area (Å²) < 4.78 is 0. The number of aliphatic hydroxyl groups excluding tert-OH is 1. The highest BCUT2D eigenvalue weighted by Gasteiger charge is 2.28. The molecular weight excluding hydrogens is 240 g/mol. The molecule has 1 aliphatic rings. The maximum atomic E-state index is 12.0. The Kier molecular flexibility index (Phi) is 4.20. The zero-order valence-corrected chi connectivity index (χ0v) is 10.9. The standard InChI is InChI=1S/C15H18N2O2/c1-3-11-4-6-12(7-5-11)10(2)17-15(19)14-8-13(18)9-16-14/h1,4-7,10,13-14,16,18H,8-9H2,2H3,(H,17,19)/t10-,13+,14-/m1/s1. The van der Waals surface area contributed by atoms with Crippen LogP contribution in [0.1, 0.15) is 30.5 Å². The Labute approximate surface area is 113 Å². The van der Waals surface area contributed by atoms with Gasteiger partial charge in [0.1, 0.15) is 0 Å². The third kappa shape index (κ3) is 3.34. The summed E-state index contributed by atoms with van der Waals surface area (Å²) in [7, 11) is 0. The van der Waals surface area contributed by atoms with Crippen molar-refractivity contribution < 1.29 is 9.90 Å². The van der Waals surface area contributed by atoms with Gasteiger partial charge in [-0.2, -0.15) is 0 Å². The second-order valence-corrected chi connectivity index (χ2v) is 4.85. The molecule has 1 aromatic carbocycles. The third-order valence-electron chi connectivity index (χ3n) is 3.36. The minimum Gasteiger partial charge on any atom is -0.392 e. The Hall–Kier alpha value is -1.83. The lowest BCUT2D eigenvalue weighted by Crippen LogP contribution is -2.41. The molecule has 3 atom stereocenters. The molecule has 0 radical (unpaired) electrons. The van der Waals surface area contributed by atoms with Gasteiger partial charge in [0.15, 0.2) is 0 Å². The van der Waals surface area contributed by atoms with E-state index >= 15 is 0 Å². The van der Waals surface area contributed by atoms with Crippen LogP contribution >= 0.6 is 0 Å². The molecule has 1 aliphatic heterocycles. The van der Waals surface area contributed by atoms with Gasteiger partial charge in [-0.15, -0.1) is 6.42 Å². The number of hydrogen-bond donors (Lipinski definition) is 3. The van der Waals surface area contributed by atoms with Crippen molar-refractivity contribution in [3.05, 3.63) is 35.4 Å². The molecule has 1 saturated heterocycles. The first-order valence-electron chi connectivity index (χ1n) is 6.38. The van der Waals surface area contributed by atoms with E-state index in [0.29, 0.717) is 13.0 Å². The second kappa shape index (κ2) is 5.87. The summed E-state index contributed by atoms with van der Waals surface area (Å²) in [5.74, 6) is 2.48. The number of nitrogens with one attached hydrogen (secondary N) is 2. The quantitative estimate of drug-likeness (QED) is 0.695. The fourth-order valence-corrected chi connectivity index (χ4v) is 2.18. The maximum absolute atomic E-state index is 12.0. The van der Waals surface area contributed by atoms with Crippen LogP contribution in [0.5, 0.6) is 0 Å². The fraction of sp³-hybridized carbons (Fsp3) is 0.400. The average molecular weight is 258 g/mol. The number of carbonyl (C=O) groups excluding carboxylic acids is 1. The highest BCUT2D eigenvalue weighted by molar-refractivity contribution is 5.82. The van der Waals surface area contributed by atoms with Gasteiger partial charge in [0.25, 0.3) is 0 Å². The van der Waals surface area contributed by atoms with Crippen molar-refractivity contribution in [2.24, 2.45) is 0 Å². The number of amides is 1. The van der Waals surface area contributed by atoms with Crippen LogP contribution in [0, 0.1) is 12.3 Å². The van der Waals surface area contributed by atoms with E-state index in [2.05, 4.69) is 16.6 Å². The SMILES string of the molecule is C#Cc1ccc([C@@H](C)NC(=O)[C@H]2C[C@H](O)CN2)cc1. The van der Waals surface area contributed by atoms with Crippen molar-refractivity contribution in [3.8, 4) is 12.3 Å². The first kappa shape index (κ1) is 13.6. The zero-order chi connectivity index (χ0) is 13.8. The summed E-state index contributed by atoms with van der Waals surface area (Å²) in [5, 5.41) is 15.3. The molecule has 4 nitrogen and oxygen atoms in total. The van der Waals surface area contributed by atoms with Crippen molar-refractivity contribution in [3.63, 3.8) is 0 Å². The molecule has 2 rings (SSSR count). The number of hydrogen-bond acceptors (Lipinski definition) is 3. The molecule has 1 heterocycles. The first-order valence-corrected chi connectivity index (χ1v) is 6.38. The zero-order valence-electron chi connectivity index (χ0n) is 10.9. The molecule has 4 heteroatoms. The lowest BCUT2D eigenvalue weighted by Gasteiger charge is -2.17. The number of rotatable bonds is 3. The highest BCUT2D eigenvalue weighted by Crippen LogP contribution is 2.14. The molecule has 0 bridgehead atoms. The summed E-state index contributed by atoms with van der Waals surface area (Å²) in [6.45, 7) is 2.40. The van der Waals surface area contributed by atoms with Crippen LogP contribution in [0.25, 0.3) is 0 Å². The van der Waals surface area contributed by atoms with Gasteiger partial charge in [-0.05, 0) is 31.0 Å². The number of β-amino-alcohol motifs (C(OH)–C–C–N with tert-alkyl or cyclic N) is 1. The number of benzene rings is 1. The second-order valence-electron chi connectivity index (χ2n) is 4.85. The summed E-state index contributed by atoms with van der Waals surface area (Å²) in [4.78, 5) is 12.0. The minimum atomic E-state index is -0.430. The summed E-state index contributed by atoms with van der Waals surface area (Å²) in [5.41, 5.74) is 1.83. The topological polar surface area (TPSA) is 61.4 Å². The Morgan fingerprint density at radius 3 is 2.74 bits per heavy atom. The van der Waals surface area contributed by atoms with E-state index in [1.54, 1.807) is 0 Å². The molecule has 0 unspecified atom stereocenters. The van der Waals surface area contributed by atoms with Crippen LogP contribution in [0.15, 0.2) is 24.3 Å². The van der Waals surface area contributed by atoms with Gasteiger partial charge in [-0.3, -0.25) is 4.79 Å². The predicted molar refractivity (Wildman–Crippen MR) is 73.3 cm³/mol. The fourth-order valence-electron chi connectivity index (χ4n) is 2.18. The van der Waals surface area contributed by atoms with Crippen molar-refractivity contribution in [2.45, 2.75) is 31.5 Å². The van der Waals surface area contributed by atoms with Crippen molar-refractivity contribution in [2.75, 3.05) is 6.54 Å². The lowest BCUT2D eigenvalue weighted by molar-refractivity contribution is -0.123. The minimum absolute atomic E-state index is 0.0786.